The number of pyridine rings is 1. The third-order valence-electron chi connectivity index (χ3n) is 3.94. The Morgan fingerprint density at radius 3 is 2.70 bits per heavy atom. The van der Waals surface area contributed by atoms with Crippen LogP contribution in [0.1, 0.15) is 10.5 Å². The summed E-state index contributed by atoms with van der Waals surface area (Å²) in [5.41, 5.74) is 2.83. The van der Waals surface area contributed by atoms with Crippen LogP contribution in [-0.2, 0) is 0 Å². The zero-order chi connectivity index (χ0) is 18.6. The quantitative estimate of drug-likeness (QED) is 0.528. The smallest absolute Gasteiger partial charge is 0.275 e. The molecule has 0 radical (unpaired) electrons. The van der Waals surface area contributed by atoms with Gasteiger partial charge in [-0.25, -0.2) is 4.98 Å². The standard InChI is InChI=1S/C20H16N4O2S/c1-26-16-7-4-14(5-8-16)23-20-24-18(12-27-20)19(25)22-15-6-9-17-13(11-15)3-2-10-21-17/h2-12H,1H3,(H,22,25)(H,23,24). The minimum Gasteiger partial charge on any atom is -0.497 e. The van der Waals surface area contributed by atoms with Crippen LogP contribution in [0, 0.1) is 0 Å². The van der Waals surface area contributed by atoms with Gasteiger partial charge in [0.05, 0.1) is 12.6 Å². The molecule has 0 saturated carbocycles. The van der Waals surface area contributed by atoms with Crippen molar-refractivity contribution in [3.05, 3.63) is 71.9 Å². The van der Waals surface area contributed by atoms with Gasteiger partial charge in [-0.05, 0) is 48.5 Å². The molecule has 0 spiro atoms. The number of carbonyl (C=O) groups excluding carboxylic acids is 1. The van der Waals surface area contributed by atoms with Crippen molar-refractivity contribution in [1.29, 1.82) is 0 Å². The zero-order valence-electron chi connectivity index (χ0n) is 14.5. The number of anilines is 3. The summed E-state index contributed by atoms with van der Waals surface area (Å²) < 4.78 is 5.14. The monoisotopic (exact) mass is 376 g/mol. The molecule has 2 aromatic carbocycles. The molecular weight excluding hydrogens is 360 g/mol. The number of nitrogens with zero attached hydrogens (tertiary/aromatic N) is 2. The maximum absolute atomic E-state index is 12.5. The number of benzene rings is 2. The van der Waals surface area contributed by atoms with Gasteiger partial charge in [0, 0.05) is 28.3 Å². The molecule has 0 aliphatic carbocycles. The van der Waals surface area contributed by atoms with E-state index in [1.807, 2.05) is 54.6 Å². The van der Waals surface area contributed by atoms with Crippen molar-refractivity contribution in [2.45, 2.75) is 0 Å². The Morgan fingerprint density at radius 2 is 1.89 bits per heavy atom. The molecule has 2 aromatic heterocycles. The lowest BCUT2D eigenvalue weighted by Gasteiger charge is -2.05. The van der Waals surface area contributed by atoms with Gasteiger partial charge in [-0.15, -0.1) is 11.3 Å². The highest BCUT2D eigenvalue weighted by Crippen LogP contribution is 2.24. The van der Waals surface area contributed by atoms with E-state index in [2.05, 4.69) is 20.6 Å². The number of ether oxygens (including phenoxy) is 1. The van der Waals surface area contributed by atoms with Gasteiger partial charge in [-0.2, -0.15) is 0 Å². The van der Waals surface area contributed by atoms with Crippen LogP contribution in [0.15, 0.2) is 66.2 Å². The van der Waals surface area contributed by atoms with E-state index in [0.717, 1.165) is 22.3 Å². The average Bonchev–Trinajstić information content (AvgIpc) is 3.17. The summed E-state index contributed by atoms with van der Waals surface area (Å²) in [6.07, 6.45) is 1.74. The molecule has 0 saturated heterocycles. The van der Waals surface area contributed by atoms with Gasteiger partial charge >= 0.3 is 0 Å². The molecule has 0 unspecified atom stereocenters. The Kier molecular flexibility index (Phi) is 4.67. The van der Waals surface area contributed by atoms with E-state index in [1.54, 1.807) is 18.7 Å². The van der Waals surface area contributed by atoms with Crippen LogP contribution in [0.3, 0.4) is 0 Å². The number of rotatable bonds is 5. The van der Waals surface area contributed by atoms with Crippen LogP contribution >= 0.6 is 11.3 Å². The summed E-state index contributed by atoms with van der Waals surface area (Å²) in [7, 11) is 1.63. The molecule has 6 nitrogen and oxygen atoms in total. The second kappa shape index (κ2) is 7.43. The van der Waals surface area contributed by atoms with E-state index in [4.69, 9.17) is 4.74 Å². The topological polar surface area (TPSA) is 76.1 Å². The number of hydrogen-bond acceptors (Lipinski definition) is 6. The molecule has 0 aliphatic heterocycles. The molecule has 27 heavy (non-hydrogen) atoms. The Bertz CT molecular complexity index is 1090. The minimum atomic E-state index is -0.253. The van der Waals surface area contributed by atoms with Crippen molar-refractivity contribution >= 4 is 44.7 Å². The summed E-state index contributed by atoms with van der Waals surface area (Å²) in [6, 6.07) is 16.9. The molecule has 7 heteroatoms. The molecule has 0 aliphatic rings. The Balaban J connectivity index is 1.45. The van der Waals surface area contributed by atoms with Gasteiger partial charge in [0.2, 0.25) is 0 Å². The van der Waals surface area contributed by atoms with E-state index >= 15 is 0 Å². The zero-order valence-corrected chi connectivity index (χ0v) is 15.3. The van der Waals surface area contributed by atoms with Gasteiger partial charge in [0.25, 0.3) is 5.91 Å². The first-order valence-electron chi connectivity index (χ1n) is 8.24. The fourth-order valence-electron chi connectivity index (χ4n) is 2.58. The predicted molar refractivity (Wildman–Crippen MR) is 108 cm³/mol. The van der Waals surface area contributed by atoms with Gasteiger partial charge in [0.15, 0.2) is 5.13 Å². The number of amides is 1. The molecule has 0 atom stereocenters. The second-order valence-electron chi connectivity index (χ2n) is 5.76. The van der Waals surface area contributed by atoms with Crippen molar-refractivity contribution in [3.63, 3.8) is 0 Å². The first-order chi connectivity index (χ1) is 13.2. The fraction of sp³-hybridized carbons (Fsp3) is 0.0500. The van der Waals surface area contributed by atoms with Gasteiger partial charge in [-0.3, -0.25) is 9.78 Å². The summed E-state index contributed by atoms with van der Waals surface area (Å²) in [5.74, 6) is 0.530. The van der Waals surface area contributed by atoms with E-state index < -0.39 is 0 Å². The van der Waals surface area contributed by atoms with Crippen LogP contribution in [0.4, 0.5) is 16.5 Å². The minimum absolute atomic E-state index is 0.253. The van der Waals surface area contributed by atoms with Crippen molar-refractivity contribution in [2.24, 2.45) is 0 Å². The van der Waals surface area contributed by atoms with E-state index in [-0.39, 0.29) is 5.91 Å². The third-order valence-corrected chi connectivity index (χ3v) is 4.70. The van der Waals surface area contributed by atoms with Crippen LogP contribution in [0.2, 0.25) is 0 Å². The Morgan fingerprint density at radius 1 is 1.07 bits per heavy atom. The first-order valence-corrected chi connectivity index (χ1v) is 9.12. The Labute approximate surface area is 159 Å². The third kappa shape index (κ3) is 3.88. The number of hydrogen-bond donors (Lipinski definition) is 2. The fourth-order valence-corrected chi connectivity index (χ4v) is 3.29. The van der Waals surface area contributed by atoms with Crippen molar-refractivity contribution < 1.29 is 9.53 Å². The summed E-state index contributed by atoms with van der Waals surface area (Å²) in [4.78, 5) is 21.1. The molecule has 2 heterocycles. The number of methoxy groups -OCH3 is 1. The molecule has 1 amide bonds. The average molecular weight is 376 g/mol. The molecule has 0 bridgehead atoms. The second-order valence-corrected chi connectivity index (χ2v) is 6.61. The highest BCUT2D eigenvalue weighted by Gasteiger charge is 2.12. The van der Waals surface area contributed by atoms with Gasteiger partial charge in [0.1, 0.15) is 11.4 Å². The summed E-state index contributed by atoms with van der Waals surface area (Å²) in [5, 5.41) is 9.40. The maximum atomic E-state index is 12.5. The molecule has 2 N–H and O–H groups in total. The van der Waals surface area contributed by atoms with Gasteiger partial charge in [-0.1, -0.05) is 6.07 Å². The maximum Gasteiger partial charge on any atom is 0.275 e. The van der Waals surface area contributed by atoms with E-state index in [9.17, 15) is 4.79 Å². The number of carbonyl (C=O) groups is 1. The number of fused-ring (bicyclic) bond motifs is 1. The van der Waals surface area contributed by atoms with Gasteiger partial charge < -0.3 is 15.4 Å². The number of aromatic nitrogens is 2. The highest BCUT2D eigenvalue weighted by atomic mass is 32.1. The summed E-state index contributed by atoms with van der Waals surface area (Å²) in [6.45, 7) is 0. The van der Waals surface area contributed by atoms with Crippen molar-refractivity contribution in [2.75, 3.05) is 17.7 Å². The molecule has 4 rings (SSSR count). The number of thiazole rings is 1. The van der Waals surface area contributed by atoms with E-state index in [0.29, 0.717) is 16.5 Å². The molecular formula is C20H16N4O2S. The van der Waals surface area contributed by atoms with Crippen LogP contribution in [0.5, 0.6) is 5.75 Å². The van der Waals surface area contributed by atoms with Crippen LogP contribution in [0.25, 0.3) is 10.9 Å². The summed E-state index contributed by atoms with van der Waals surface area (Å²) >= 11 is 1.37. The largest absolute Gasteiger partial charge is 0.497 e. The predicted octanol–water partition coefficient (Wildman–Crippen LogP) is 4.70. The first kappa shape index (κ1) is 17.0. The Hall–Kier alpha value is -3.45. The SMILES string of the molecule is COc1ccc(Nc2nc(C(=O)Nc3ccc4ncccc4c3)cs2)cc1. The lowest BCUT2D eigenvalue weighted by Crippen LogP contribution is -2.12. The normalized spacial score (nSPS) is 10.6. The van der Waals surface area contributed by atoms with Crippen molar-refractivity contribution in [3.8, 4) is 5.75 Å². The molecule has 134 valence electrons. The lowest BCUT2D eigenvalue weighted by molar-refractivity contribution is 0.102. The molecule has 4 aromatic rings. The highest BCUT2D eigenvalue weighted by molar-refractivity contribution is 7.14. The molecule has 0 fully saturated rings. The van der Waals surface area contributed by atoms with Crippen molar-refractivity contribution in [1.82, 2.24) is 9.97 Å². The van der Waals surface area contributed by atoms with Crippen LogP contribution in [-0.4, -0.2) is 23.0 Å². The number of nitrogens with one attached hydrogen (secondary N) is 2. The van der Waals surface area contributed by atoms with Crippen LogP contribution < -0.4 is 15.4 Å². The lowest BCUT2D eigenvalue weighted by atomic mass is 10.2. The van der Waals surface area contributed by atoms with E-state index in [1.165, 1.54) is 11.3 Å².